The number of aliphatic carboxylic acids is 1. The summed E-state index contributed by atoms with van der Waals surface area (Å²) in [5, 5.41) is 21.7. The molecule has 1 saturated carbocycles. The Balaban J connectivity index is 2.10. The van der Waals surface area contributed by atoms with Crippen LogP contribution in [0, 0.1) is 11.7 Å². The van der Waals surface area contributed by atoms with E-state index in [-0.39, 0.29) is 17.7 Å². The number of carbonyl (C=O) groups is 1. The van der Waals surface area contributed by atoms with Gasteiger partial charge in [-0.2, -0.15) is 0 Å². The fourth-order valence-corrected chi connectivity index (χ4v) is 2.08. The van der Waals surface area contributed by atoms with Crippen molar-refractivity contribution in [3.63, 3.8) is 0 Å². The predicted octanol–water partition coefficient (Wildman–Crippen LogP) is 2.05. The van der Waals surface area contributed by atoms with Crippen molar-refractivity contribution in [1.82, 2.24) is 5.32 Å². The lowest BCUT2D eigenvalue weighted by atomic mass is 10.0. The van der Waals surface area contributed by atoms with Crippen LogP contribution in [0.3, 0.4) is 0 Å². The molecular weight excluding hydrogens is 237 g/mol. The molecule has 1 aliphatic rings. The summed E-state index contributed by atoms with van der Waals surface area (Å²) in [6.45, 7) is 1.76. The van der Waals surface area contributed by atoms with Crippen LogP contribution in [0.25, 0.3) is 0 Å². The molecule has 1 aromatic carbocycles. The maximum absolute atomic E-state index is 12.9. The number of hydrogen-bond acceptors (Lipinski definition) is 3. The number of nitrogens with one attached hydrogen (secondary N) is 1. The van der Waals surface area contributed by atoms with Gasteiger partial charge in [-0.3, -0.25) is 10.1 Å². The third-order valence-electron chi connectivity index (χ3n) is 3.25. The molecule has 0 heterocycles. The van der Waals surface area contributed by atoms with Crippen LogP contribution in [0.15, 0.2) is 18.2 Å². The van der Waals surface area contributed by atoms with E-state index in [1.165, 1.54) is 12.1 Å². The van der Waals surface area contributed by atoms with Crippen LogP contribution in [0.1, 0.15) is 31.4 Å². The molecule has 0 spiro atoms. The molecule has 1 aromatic rings. The Bertz CT molecular complexity index is 460. The van der Waals surface area contributed by atoms with E-state index < -0.39 is 17.8 Å². The van der Waals surface area contributed by atoms with E-state index >= 15 is 0 Å². The molecule has 0 radical (unpaired) electrons. The van der Waals surface area contributed by atoms with E-state index in [9.17, 15) is 14.3 Å². The highest BCUT2D eigenvalue weighted by molar-refractivity contribution is 5.74. The minimum atomic E-state index is -0.883. The average Bonchev–Trinajstić information content (AvgIpc) is 3.08. The minimum absolute atomic E-state index is 0.157. The second kappa shape index (κ2) is 4.94. The summed E-state index contributed by atoms with van der Waals surface area (Å²) >= 11 is 0. The van der Waals surface area contributed by atoms with Crippen LogP contribution in [-0.2, 0) is 4.79 Å². The van der Waals surface area contributed by atoms with E-state index in [1.807, 2.05) is 0 Å². The molecule has 1 fully saturated rings. The largest absolute Gasteiger partial charge is 0.508 e. The second-order valence-corrected chi connectivity index (χ2v) is 4.74. The van der Waals surface area contributed by atoms with E-state index in [1.54, 1.807) is 6.92 Å². The first-order valence-corrected chi connectivity index (χ1v) is 5.96. The fraction of sp³-hybridized carbons (Fsp3) is 0.462. The van der Waals surface area contributed by atoms with Crippen molar-refractivity contribution in [1.29, 1.82) is 0 Å². The van der Waals surface area contributed by atoms with Gasteiger partial charge in [0.2, 0.25) is 0 Å². The van der Waals surface area contributed by atoms with Crippen molar-refractivity contribution in [2.75, 3.05) is 0 Å². The molecule has 18 heavy (non-hydrogen) atoms. The van der Waals surface area contributed by atoms with Gasteiger partial charge in [-0.25, -0.2) is 4.39 Å². The molecular formula is C13H16FNO3. The van der Waals surface area contributed by atoms with Crippen LogP contribution in [0.5, 0.6) is 5.75 Å². The SMILES string of the molecule is CC(NC(C(=O)O)C1CC1)c1ccc(F)cc1O. The number of phenolic OH excluding ortho intramolecular Hbond substituents is 1. The average molecular weight is 253 g/mol. The number of phenols is 1. The number of halogens is 1. The fourth-order valence-electron chi connectivity index (χ4n) is 2.08. The number of hydrogen-bond donors (Lipinski definition) is 3. The van der Waals surface area contributed by atoms with Gasteiger partial charge >= 0.3 is 5.97 Å². The summed E-state index contributed by atoms with van der Waals surface area (Å²) in [5.41, 5.74) is 0.503. The zero-order valence-corrected chi connectivity index (χ0v) is 10.1. The number of aromatic hydroxyl groups is 1. The predicted molar refractivity (Wildman–Crippen MR) is 63.8 cm³/mol. The highest BCUT2D eigenvalue weighted by Crippen LogP contribution is 2.34. The molecule has 0 aliphatic heterocycles. The molecule has 0 aromatic heterocycles. The summed E-state index contributed by atoms with van der Waals surface area (Å²) in [7, 11) is 0. The Hall–Kier alpha value is -1.62. The molecule has 98 valence electrons. The highest BCUT2D eigenvalue weighted by Gasteiger charge is 2.37. The Morgan fingerprint density at radius 1 is 1.50 bits per heavy atom. The Kier molecular flexibility index (Phi) is 3.52. The van der Waals surface area contributed by atoms with Gasteiger partial charge in [0.25, 0.3) is 0 Å². The smallest absolute Gasteiger partial charge is 0.320 e. The molecule has 0 bridgehead atoms. The van der Waals surface area contributed by atoms with Crippen molar-refractivity contribution in [2.24, 2.45) is 5.92 Å². The van der Waals surface area contributed by atoms with Crippen LogP contribution in [0.2, 0.25) is 0 Å². The summed E-state index contributed by atoms with van der Waals surface area (Å²) in [4.78, 5) is 11.1. The zero-order valence-electron chi connectivity index (χ0n) is 10.1. The molecule has 0 saturated heterocycles. The number of rotatable bonds is 5. The normalized spacial score (nSPS) is 18.3. The van der Waals surface area contributed by atoms with Gasteiger partial charge in [0.15, 0.2) is 0 Å². The lowest BCUT2D eigenvalue weighted by Crippen LogP contribution is -2.40. The second-order valence-electron chi connectivity index (χ2n) is 4.74. The quantitative estimate of drug-likeness (QED) is 0.751. The van der Waals surface area contributed by atoms with Gasteiger partial charge in [-0.15, -0.1) is 0 Å². The van der Waals surface area contributed by atoms with E-state index in [0.717, 1.165) is 18.9 Å². The van der Waals surface area contributed by atoms with Crippen molar-refractivity contribution in [3.8, 4) is 5.75 Å². The van der Waals surface area contributed by atoms with E-state index in [0.29, 0.717) is 5.56 Å². The first kappa shape index (κ1) is 12.8. The highest BCUT2D eigenvalue weighted by atomic mass is 19.1. The maximum Gasteiger partial charge on any atom is 0.320 e. The molecule has 5 heteroatoms. The third-order valence-corrected chi connectivity index (χ3v) is 3.25. The van der Waals surface area contributed by atoms with Gasteiger partial charge in [-0.1, -0.05) is 6.07 Å². The summed E-state index contributed by atoms with van der Waals surface area (Å²) in [5.74, 6) is -1.39. The van der Waals surface area contributed by atoms with Crippen LogP contribution >= 0.6 is 0 Å². The number of carboxylic acid groups (broad SMARTS) is 1. The zero-order chi connectivity index (χ0) is 13.3. The molecule has 2 unspecified atom stereocenters. The van der Waals surface area contributed by atoms with Crippen LogP contribution in [-0.4, -0.2) is 22.2 Å². The molecule has 1 aliphatic carbocycles. The van der Waals surface area contributed by atoms with E-state index in [4.69, 9.17) is 5.11 Å². The first-order chi connectivity index (χ1) is 8.49. The summed E-state index contributed by atoms with van der Waals surface area (Å²) in [6, 6.07) is 2.80. The standard InChI is InChI=1S/C13H16FNO3/c1-7(10-5-4-9(14)6-11(10)16)15-12(13(17)18)8-2-3-8/h4-8,12,15-16H,2-3H2,1H3,(H,17,18). The third kappa shape index (κ3) is 2.79. The van der Waals surface area contributed by atoms with Gasteiger partial charge < -0.3 is 10.2 Å². The molecule has 2 rings (SSSR count). The van der Waals surface area contributed by atoms with Crippen molar-refractivity contribution >= 4 is 5.97 Å². The van der Waals surface area contributed by atoms with Gasteiger partial charge in [0.05, 0.1) is 0 Å². The molecule has 4 nitrogen and oxygen atoms in total. The van der Waals surface area contributed by atoms with Crippen molar-refractivity contribution in [3.05, 3.63) is 29.6 Å². The van der Waals surface area contributed by atoms with Gasteiger partial charge in [0, 0.05) is 17.7 Å². The van der Waals surface area contributed by atoms with Crippen LogP contribution < -0.4 is 5.32 Å². The van der Waals surface area contributed by atoms with Crippen molar-refractivity contribution in [2.45, 2.75) is 31.8 Å². The van der Waals surface area contributed by atoms with Gasteiger partial charge in [-0.05, 0) is 31.7 Å². The number of carboxylic acids is 1. The Labute approximate surface area is 104 Å². The molecule has 0 amide bonds. The minimum Gasteiger partial charge on any atom is -0.508 e. The van der Waals surface area contributed by atoms with Gasteiger partial charge in [0.1, 0.15) is 17.6 Å². The first-order valence-electron chi connectivity index (χ1n) is 5.96. The van der Waals surface area contributed by atoms with Crippen LogP contribution in [0.4, 0.5) is 4.39 Å². The monoisotopic (exact) mass is 253 g/mol. The lowest BCUT2D eigenvalue weighted by molar-refractivity contribution is -0.140. The number of benzene rings is 1. The van der Waals surface area contributed by atoms with Crippen molar-refractivity contribution < 1.29 is 19.4 Å². The topological polar surface area (TPSA) is 69.6 Å². The summed E-state index contributed by atoms with van der Waals surface area (Å²) < 4.78 is 12.9. The molecule has 3 N–H and O–H groups in total. The van der Waals surface area contributed by atoms with E-state index in [2.05, 4.69) is 5.32 Å². The maximum atomic E-state index is 12.9. The Morgan fingerprint density at radius 2 is 2.17 bits per heavy atom. The lowest BCUT2D eigenvalue weighted by Gasteiger charge is -2.21. The molecule has 2 atom stereocenters. The summed E-state index contributed by atoms with van der Waals surface area (Å²) in [6.07, 6.45) is 1.82. The Morgan fingerprint density at radius 3 is 2.67 bits per heavy atom.